The molecule has 0 fully saturated rings. The minimum absolute atomic E-state index is 0. The Morgan fingerprint density at radius 2 is 2.17 bits per heavy atom. The van der Waals surface area contributed by atoms with Crippen LogP contribution in [0.1, 0.15) is 19.4 Å². The molecule has 0 spiro atoms. The van der Waals surface area contributed by atoms with Crippen molar-refractivity contribution in [2.45, 2.75) is 26.4 Å². The van der Waals surface area contributed by atoms with E-state index in [-0.39, 0.29) is 30.0 Å². The summed E-state index contributed by atoms with van der Waals surface area (Å²) in [5.41, 5.74) is 0.839. The van der Waals surface area contributed by atoms with E-state index in [4.69, 9.17) is 9.47 Å². The Bertz CT molecular complexity index is 412. The number of hydrogen-bond donors (Lipinski definition) is 1. The van der Waals surface area contributed by atoms with Crippen molar-refractivity contribution in [3.63, 3.8) is 0 Å². The van der Waals surface area contributed by atoms with Gasteiger partial charge in [0.2, 0.25) is 0 Å². The lowest BCUT2D eigenvalue weighted by Crippen LogP contribution is -2.36. The first kappa shape index (κ1) is 15.1. The molecule has 1 aliphatic heterocycles. The first-order valence-electron chi connectivity index (χ1n) is 5.84. The van der Waals surface area contributed by atoms with Crippen LogP contribution in [0, 0.1) is 11.7 Å². The summed E-state index contributed by atoms with van der Waals surface area (Å²) >= 11 is 0. The fourth-order valence-electron chi connectivity index (χ4n) is 1.91. The number of hydrogen-bond acceptors (Lipinski definition) is 3. The zero-order valence-electron chi connectivity index (χ0n) is 10.8. The van der Waals surface area contributed by atoms with E-state index in [2.05, 4.69) is 19.2 Å². The SMILES string of the molecule is COc1cc2c(cc1F)CNC(C(C)C)CO2.Cl. The molecule has 102 valence electrons. The smallest absolute Gasteiger partial charge is 0.165 e. The molecule has 0 aliphatic carbocycles. The molecule has 1 unspecified atom stereocenters. The molecular weight excluding hydrogens is 257 g/mol. The van der Waals surface area contributed by atoms with Gasteiger partial charge in [0.15, 0.2) is 11.6 Å². The van der Waals surface area contributed by atoms with Crippen LogP contribution in [0.2, 0.25) is 0 Å². The standard InChI is InChI=1S/C13H18FNO2.ClH/c1-8(2)11-7-17-12-5-13(16-3)10(14)4-9(12)6-15-11;/h4-5,8,11,15H,6-7H2,1-3H3;1H. The Balaban J connectivity index is 0.00000162. The largest absolute Gasteiger partial charge is 0.494 e. The van der Waals surface area contributed by atoms with Gasteiger partial charge in [-0.1, -0.05) is 13.8 Å². The molecule has 1 aliphatic rings. The van der Waals surface area contributed by atoms with Crippen molar-refractivity contribution in [3.05, 3.63) is 23.5 Å². The van der Waals surface area contributed by atoms with Crippen LogP contribution in [0.5, 0.6) is 11.5 Å². The summed E-state index contributed by atoms with van der Waals surface area (Å²) in [6, 6.07) is 3.38. The van der Waals surface area contributed by atoms with E-state index in [1.165, 1.54) is 13.2 Å². The van der Waals surface area contributed by atoms with Crippen LogP contribution in [0.25, 0.3) is 0 Å². The lowest BCUT2D eigenvalue weighted by atomic mass is 10.1. The minimum Gasteiger partial charge on any atom is -0.494 e. The molecule has 2 rings (SSSR count). The van der Waals surface area contributed by atoms with Crippen LogP contribution in [-0.2, 0) is 6.54 Å². The van der Waals surface area contributed by atoms with Gasteiger partial charge in [0, 0.05) is 24.2 Å². The monoisotopic (exact) mass is 275 g/mol. The van der Waals surface area contributed by atoms with E-state index in [1.54, 1.807) is 6.07 Å². The molecule has 0 bridgehead atoms. The molecule has 0 amide bonds. The second-order valence-electron chi connectivity index (χ2n) is 4.64. The molecule has 1 N–H and O–H groups in total. The second-order valence-corrected chi connectivity index (χ2v) is 4.64. The maximum Gasteiger partial charge on any atom is 0.165 e. The number of methoxy groups -OCH3 is 1. The quantitative estimate of drug-likeness (QED) is 0.900. The van der Waals surface area contributed by atoms with Gasteiger partial charge in [0.25, 0.3) is 0 Å². The van der Waals surface area contributed by atoms with Crippen LogP contribution >= 0.6 is 12.4 Å². The van der Waals surface area contributed by atoms with Gasteiger partial charge in [-0.3, -0.25) is 0 Å². The predicted molar refractivity (Wildman–Crippen MR) is 71.2 cm³/mol. The van der Waals surface area contributed by atoms with Gasteiger partial charge in [-0.15, -0.1) is 12.4 Å². The predicted octanol–water partition coefficient (Wildman–Crippen LogP) is 2.76. The van der Waals surface area contributed by atoms with Gasteiger partial charge >= 0.3 is 0 Å². The number of halogens is 2. The molecule has 0 aromatic heterocycles. The average molecular weight is 276 g/mol. The topological polar surface area (TPSA) is 30.5 Å². The summed E-state index contributed by atoms with van der Waals surface area (Å²) in [5.74, 6) is 1.07. The third kappa shape index (κ3) is 3.06. The van der Waals surface area contributed by atoms with Crippen molar-refractivity contribution in [1.82, 2.24) is 5.32 Å². The average Bonchev–Trinajstić information content (AvgIpc) is 2.50. The van der Waals surface area contributed by atoms with E-state index >= 15 is 0 Å². The van der Waals surface area contributed by atoms with E-state index in [0.29, 0.717) is 24.8 Å². The zero-order valence-corrected chi connectivity index (χ0v) is 11.6. The molecule has 1 aromatic rings. The van der Waals surface area contributed by atoms with E-state index < -0.39 is 0 Å². The van der Waals surface area contributed by atoms with Crippen LogP contribution in [-0.4, -0.2) is 19.8 Å². The van der Waals surface area contributed by atoms with E-state index in [1.807, 2.05) is 0 Å². The first-order chi connectivity index (χ1) is 8.11. The Kier molecular flexibility index (Phi) is 5.23. The van der Waals surface area contributed by atoms with Crippen LogP contribution in [0.4, 0.5) is 4.39 Å². The fraction of sp³-hybridized carbons (Fsp3) is 0.538. The number of benzene rings is 1. The van der Waals surface area contributed by atoms with Crippen LogP contribution in [0.15, 0.2) is 12.1 Å². The van der Waals surface area contributed by atoms with Gasteiger partial charge in [-0.05, 0) is 12.0 Å². The lowest BCUT2D eigenvalue weighted by molar-refractivity contribution is 0.242. The summed E-state index contributed by atoms with van der Waals surface area (Å²) in [4.78, 5) is 0. The van der Waals surface area contributed by atoms with Crippen molar-refractivity contribution in [1.29, 1.82) is 0 Å². The molecule has 0 saturated heterocycles. The number of ether oxygens (including phenoxy) is 2. The molecule has 1 aromatic carbocycles. The van der Waals surface area contributed by atoms with Gasteiger partial charge in [-0.25, -0.2) is 4.39 Å². The molecule has 1 atom stereocenters. The Morgan fingerprint density at radius 3 is 2.78 bits per heavy atom. The Morgan fingerprint density at radius 1 is 1.44 bits per heavy atom. The lowest BCUT2D eigenvalue weighted by Gasteiger charge is -2.18. The molecule has 18 heavy (non-hydrogen) atoms. The molecule has 5 heteroatoms. The first-order valence-corrected chi connectivity index (χ1v) is 5.84. The fourth-order valence-corrected chi connectivity index (χ4v) is 1.91. The third-order valence-corrected chi connectivity index (χ3v) is 3.11. The van der Waals surface area contributed by atoms with Gasteiger partial charge in [-0.2, -0.15) is 0 Å². The second kappa shape index (κ2) is 6.25. The number of rotatable bonds is 2. The highest BCUT2D eigenvalue weighted by Crippen LogP contribution is 2.30. The van der Waals surface area contributed by atoms with E-state index in [0.717, 1.165) is 5.56 Å². The molecule has 0 saturated carbocycles. The van der Waals surface area contributed by atoms with Crippen molar-refractivity contribution in [2.24, 2.45) is 5.92 Å². The maximum atomic E-state index is 13.6. The van der Waals surface area contributed by atoms with Gasteiger partial charge in [0.05, 0.1) is 7.11 Å². The van der Waals surface area contributed by atoms with Crippen molar-refractivity contribution >= 4 is 12.4 Å². The van der Waals surface area contributed by atoms with Crippen molar-refractivity contribution in [3.8, 4) is 11.5 Å². The number of fused-ring (bicyclic) bond motifs is 1. The molecule has 1 heterocycles. The summed E-state index contributed by atoms with van der Waals surface area (Å²) in [6.07, 6.45) is 0. The van der Waals surface area contributed by atoms with Crippen molar-refractivity contribution < 1.29 is 13.9 Å². The van der Waals surface area contributed by atoms with E-state index in [9.17, 15) is 4.39 Å². The summed E-state index contributed by atoms with van der Waals surface area (Å²) in [6.45, 7) is 5.49. The van der Waals surface area contributed by atoms with Gasteiger partial charge < -0.3 is 14.8 Å². The summed E-state index contributed by atoms with van der Waals surface area (Å²) in [7, 11) is 1.46. The van der Waals surface area contributed by atoms with Crippen LogP contribution < -0.4 is 14.8 Å². The Labute approximate surface area is 113 Å². The highest BCUT2D eigenvalue weighted by atomic mass is 35.5. The molecule has 3 nitrogen and oxygen atoms in total. The highest BCUT2D eigenvalue weighted by Gasteiger charge is 2.20. The molecule has 0 radical (unpaired) electrons. The maximum absolute atomic E-state index is 13.6. The third-order valence-electron chi connectivity index (χ3n) is 3.11. The van der Waals surface area contributed by atoms with Crippen LogP contribution in [0.3, 0.4) is 0 Å². The Hall–Kier alpha value is -1.00. The highest BCUT2D eigenvalue weighted by molar-refractivity contribution is 5.85. The number of nitrogens with one attached hydrogen (secondary N) is 1. The summed E-state index contributed by atoms with van der Waals surface area (Å²) in [5, 5.41) is 3.37. The normalized spacial score (nSPS) is 18.4. The minimum atomic E-state index is -0.348. The molecular formula is C13H19ClFNO2. The van der Waals surface area contributed by atoms with Crippen molar-refractivity contribution in [2.75, 3.05) is 13.7 Å². The van der Waals surface area contributed by atoms with Gasteiger partial charge in [0.1, 0.15) is 12.4 Å². The zero-order chi connectivity index (χ0) is 12.4. The summed E-state index contributed by atoms with van der Waals surface area (Å²) < 4.78 is 24.2.